The molecule has 0 saturated carbocycles. The van der Waals surface area contributed by atoms with Crippen LogP contribution in [0.1, 0.15) is 26.0 Å². The van der Waals surface area contributed by atoms with Gasteiger partial charge in [-0.15, -0.1) is 0 Å². The highest BCUT2D eigenvalue weighted by molar-refractivity contribution is 4.98. The molecule has 0 aliphatic carbocycles. The van der Waals surface area contributed by atoms with Crippen LogP contribution in [0.3, 0.4) is 0 Å². The second-order valence-corrected chi connectivity index (χ2v) is 4.70. The van der Waals surface area contributed by atoms with Gasteiger partial charge in [0, 0.05) is 12.6 Å². The molecule has 2 heterocycles. The molecular formula is C13H22N2O. The summed E-state index contributed by atoms with van der Waals surface area (Å²) < 4.78 is 5.40. The van der Waals surface area contributed by atoms with Gasteiger partial charge in [-0.2, -0.15) is 0 Å². The van der Waals surface area contributed by atoms with E-state index in [0.717, 1.165) is 24.8 Å². The van der Waals surface area contributed by atoms with Gasteiger partial charge in [0.1, 0.15) is 5.76 Å². The summed E-state index contributed by atoms with van der Waals surface area (Å²) in [6, 6.07) is 4.67. The fourth-order valence-electron chi connectivity index (χ4n) is 2.42. The summed E-state index contributed by atoms with van der Waals surface area (Å²) >= 11 is 0. The van der Waals surface area contributed by atoms with Gasteiger partial charge in [0.2, 0.25) is 0 Å². The molecule has 2 rings (SSSR count). The molecule has 3 nitrogen and oxygen atoms in total. The first-order valence-corrected chi connectivity index (χ1v) is 6.27. The van der Waals surface area contributed by atoms with E-state index in [1.807, 2.05) is 6.07 Å². The van der Waals surface area contributed by atoms with E-state index in [0.29, 0.717) is 6.04 Å². The molecule has 1 aromatic rings. The maximum absolute atomic E-state index is 5.40. The van der Waals surface area contributed by atoms with E-state index in [-0.39, 0.29) is 0 Å². The lowest BCUT2D eigenvalue weighted by atomic mass is 10.0. The van der Waals surface area contributed by atoms with Crippen LogP contribution in [-0.2, 0) is 6.54 Å². The molecule has 1 aliphatic rings. The lowest BCUT2D eigenvalue weighted by Gasteiger charge is -2.25. The van der Waals surface area contributed by atoms with Crippen molar-refractivity contribution >= 4 is 0 Å². The van der Waals surface area contributed by atoms with Crippen LogP contribution >= 0.6 is 0 Å². The standard InChI is InChI=1S/C13H22N2O/c1-3-15(10-13-5-4-8-16-13)9-12-6-7-14-11(12)2/h4-5,8,11-12,14H,3,6-7,9-10H2,1-2H3. The third kappa shape index (κ3) is 2.86. The average Bonchev–Trinajstić information content (AvgIpc) is 2.90. The minimum absolute atomic E-state index is 0.658. The van der Waals surface area contributed by atoms with Crippen molar-refractivity contribution in [3.05, 3.63) is 24.2 Å². The van der Waals surface area contributed by atoms with Gasteiger partial charge in [0.05, 0.1) is 12.8 Å². The molecule has 1 aliphatic heterocycles. The van der Waals surface area contributed by atoms with Crippen molar-refractivity contribution in [2.24, 2.45) is 5.92 Å². The SMILES string of the molecule is CCN(Cc1ccco1)CC1CCNC1C. The van der Waals surface area contributed by atoms with E-state index in [2.05, 4.69) is 30.1 Å². The fourth-order valence-corrected chi connectivity index (χ4v) is 2.42. The van der Waals surface area contributed by atoms with Gasteiger partial charge in [-0.3, -0.25) is 4.90 Å². The van der Waals surface area contributed by atoms with Gasteiger partial charge in [-0.1, -0.05) is 6.92 Å². The molecule has 16 heavy (non-hydrogen) atoms. The van der Waals surface area contributed by atoms with E-state index >= 15 is 0 Å². The monoisotopic (exact) mass is 222 g/mol. The summed E-state index contributed by atoms with van der Waals surface area (Å²) in [6.07, 6.45) is 3.05. The summed E-state index contributed by atoms with van der Waals surface area (Å²) in [5.41, 5.74) is 0. The lowest BCUT2D eigenvalue weighted by molar-refractivity contribution is 0.210. The molecule has 0 bridgehead atoms. The minimum Gasteiger partial charge on any atom is -0.468 e. The number of furan rings is 1. The van der Waals surface area contributed by atoms with Gasteiger partial charge in [-0.05, 0) is 44.5 Å². The minimum atomic E-state index is 0.658. The predicted octanol–water partition coefficient (Wildman–Crippen LogP) is 2.10. The summed E-state index contributed by atoms with van der Waals surface area (Å²) in [6.45, 7) is 8.88. The molecule has 1 saturated heterocycles. The Bertz CT molecular complexity index is 297. The van der Waals surface area contributed by atoms with Crippen LogP contribution in [-0.4, -0.2) is 30.6 Å². The largest absolute Gasteiger partial charge is 0.468 e. The average molecular weight is 222 g/mol. The number of nitrogens with one attached hydrogen (secondary N) is 1. The summed E-state index contributed by atoms with van der Waals surface area (Å²) in [4.78, 5) is 2.47. The molecule has 0 amide bonds. The molecule has 1 aromatic heterocycles. The van der Waals surface area contributed by atoms with Crippen molar-refractivity contribution in [1.29, 1.82) is 0 Å². The van der Waals surface area contributed by atoms with E-state index in [1.54, 1.807) is 6.26 Å². The van der Waals surface area contributed by atoms with Gasteiger partial charge in [0.25, 0.3) is 0 Å². The quantitative estimate of drug-likeness (QED) is 0.827. The maximum atomic E-state index is 5.40. The highest BCUT2D eigenvalue weighted by atomic mass is 16.3. The van der Waals surface area contributed by atoms with Gasteiger partial charge in [0.15, 0.2) is 0 Å². The second-order valence-electron chi connectivity index (χ2n) is 4.70. The third-order valence-electron chi connectivity index (χ3n) is 3.59. The molecule has 3 heteroatoms. The normalized spacial score (nSPS) is 25.4. The lowest BCUT2D eigenvalue weighted by Crippen LogP contribution is -2.34. The smallest absolute Gasteiger partial charge is 0.117 e. The van der Waals surface area contributed by atoms with Crippen LogP contribution in [0.2, 0.25) is 0 Å². The Balaban J connectivity index is 1.85. The highest BCUT2D eigenvalue weighted by Crippen LogP contribution is 2.17. The first-order valence-electron chi connectivity index (χ1n) is 6.27. The molecule has 0 spiro atoms. The molecule has 1 fully saturated rings. The van der Waals surface area contributed by atoms with Gasteiger partial charge in [-0.25, -0.2) is 0 Å². The van der Waals surface area contributed by atoms with Crippen LogP contribution in [0.5, 0.6) is 0 Å². The zero-order valence-electron chi connectivity index (χ0n) is 10.3. The Morgan fingerprint density at radius 3 is 3.00 bits per heavy atom. The van der Waals surface area contributed by atoms with Crippen LogP contribution in [0.25, 0.3) is 0 Å². The number of nitrogens with zero attached hydrogens (tertiary/aromatic N) is 1. The Morgan fingerprint density at radius 2 is 2.44 bits per heavy atom. The third-order valence-corrected chi connectivity index (χ3v) is 3.59. The van der Waals surface area contributed by atoms with Crippen LogP contribution in [0.15, 0.2) is 22.8 Å². The maximum Gasteiger partial charge on any atom is 0.117 e. The Morgan fingerprint density at radius 1 is 1.56 bits per heavy atom. The van der Waals surface area contributed by atoms with Crippen molar-refractivity contribution in [2.75, 3.05) is 19.6 Å². The van der Waals surface area contributed by atoms with E-state index in [4.69, 9.17) is 4.42 Å². The Kier molecular flexibility index (Phi) is 4.02. The zero-order valence-corrected chi connectivity index (χ0v) is 10.3. The highest BCUT2D eigenvalue weighted by Gasteiger charge is 2.24. The van der Waals surface area contributed by atoms with Crippen molar-refractivity contribution < 1.29 is 4.42 Å². The molecule has 0 aromatic carbocycles. The van der Waals surface area contributed by atoms with Crippen LogP contribution in [0, 0.1) is 5.92 Å². The van der Waals surface area contributed by atoms with Gasteiger partial charge >= 0.3 is 0 Å². The second kappa shape index (κ2) is 5.51. The van der Waals surface area contributed by atoms with Crippen molar-refractivity contribution in [3.8, 4) is 0 Å². The van der Waals surface area contributed by atoms with Crippen molar-refractivity contribution in [2.45, 2.75) is 32.9 Å². The predicted molar refractivity (Wildman–Crippen MR) is 65.2 cm³/mol. The van der Waals surface area contributed by atoms with Crippen LogP contribution in [0.4, 0.5) is 0 Å². The number of hydrogen-bond acceptors (Lipinski definition) is 3. The summed E-state index contributed by atoms with van der Waals surface area (Å²) in [7, 11) is 0. The Labute approximate surface area is 97.8 Å². The number of hydrogen-bond donors (Lipinski definition) is 1. The summed E-state index contributed by atoms with van der Waals surface area (Å²) in [5.74, 6) is 1.86. The molecule has 90 valence electrons. The zero-order chi connectivity index (χ0) is 11.4. The van der Waals surface area contributed by atoms with Crippen molar-refractivity contribution in [1.82, 2.24) is 10.2 Å². The summed E-state index contributed by atoms with van der Waals surface area (Å²) in [5, 5.41) is 3.51. The topological polar surface area (TPSA) is 28.4 Å². The molecule has 1 N–H and O–H groups in total. The molecule has 2 atom stereocenters. The van der Waals surface area contributed by atoms with E-state index < -0.39 is 0 Å². The number of rotatable bonds is 5. The molecular weight excluding hydrogens is 200 g/mol. The Hall–Kier alpha value is -0.800. The van der Waals surface area contributed by atoms with E-state index in [9.17, 15) is 0 Å². The molecule has 2 unspecified atom stereocenters. The first-order chi connectivity index (χ1) is 7.79. The first kappa shape index (κ1) is 11.7. The molecule has 0 radical (unpaired) electrons. The van der Waals surface area contributed by atoms with Crippen LogP contribution < -0.4 is 5.32 Å². The van der Waals surface area contributed by atoms with E-state index in [1.165, 1.54) is 19.5 Å². The van der Waals surface area contributed by atoms with Crippen molar-refractivity contribution in [3.63, 3.8) is 0 Å². The fraction of sp³-hybridized carbons (Fsp3) is 0.692. The van der Waals surface area contributed by atoms with Gasteiger partial charge < -0.3 is 9.73 Å².